The van der Waals surface area contributed by atoms with Gasteiger partial charge < -0.3 is 0 Å². The Morgan fingerprint density at radius 2 is 2.00 bits per heavy atom. The van der Waals surface area contributed by atoms with Gasteiger partial charge in [-0.25, -0.2) is 9.07 Å². The van der Waals surface area contributed by atoms with E-state index in [-0.39, 0.29) is 6.04 Å². The lowest BCUT2D eigenvalue weighted by Crippen LogP contribution is -2.10. The second-order valence-corrected chi connectivity index (χ2v) is 6.30. The normalized spacial score (nSPS) is 12.8. The molecule has 1 atom stereocenters. The Morgan fingerprint density at radius 1 is 1.24 bits per heavy atom. The smallest absolute Gasteiger partial charge is 0.164 e. The largest absolute Gasteiger partial charge is 0.234 e. The van der Waals surface area contributed by atoms with Crippen molar-refractivity contribution >= 4 is 50.2 Å². The first-order chi connectivity index (χ1) is 9.99. The number of benzene rings is 2. The fourth-order valence-corrected chi connectivity index (χ4v) is 3.10. The Labute approximate surface area is 138 Å². The number of hydrogen-bond acceptors (Lipinski definition) is 2. The first-order valence-electron chi connectivity index (χ1n) is 6.13. The minimum Gasteiger partial charge on any atom is -0.234 e. The zero-order valence-corrected chi connectivity index (χ0v) is 13.9. The number of nitrogens with zero attached hydrogens (tertiary/aromatic N) is 3. The van der Waals surface area contributed by atoms with Crippen LogP contribution in [0.4, 0.5) is 4.39 Å². The SMILES string of the molecule is C[C@H](c1ccc(Cl)cc1Cl)n1nnc2ccc(Br)c(F)c21. The molecular formula is C14H9BrCl2FN3. The molecule has 108 valence electrons. The van der Waals surface area contributed by atoms with Gasteiger partial charge in [0.2, 0.25) is 0 Å². The molecule has 0 N–H and O–H groups in total. The van der Waals surface area contributed by atoms with Crippen LogP contribution in [-0.4, -0.2) is 15.0 Å². The topological polar surface area (TPSA) is 30.7 Å². The Hall–Kier alpha value is -1.17. The monoisotopic (exact) mass is 387 g/mol. The van der Waals surface area contributed by atoms with Crippen molar-refractivity contribution in [3.63, 3.8) is 0 Å². The lowest BCUT2D eigenvalue weighted by molar-refractivity contribution is 0.542. The Balaban J connectivity index is 2.18. The van der Waals surface area contributed by atoms with Crippen molar-refractivity contribution < 1.29 is 4.39 Å². The first kappa shape index (κ1) is 14.8. The number of aromatic nitrogens is 3. The summed E-state index contributed by atoms with van der Waals surface area (Å²) in [4.78, 5) is 0. The molecule has 2 aromatic carbocycles. The molecule has 21 heavy (non-hydrogen) atoms. The van der Waals surface area contributed by atoms with Crippen LogP contribution in [0.15, 0.2) is 34.8 Å². The van der Waals surface area contributed by atoms with E-state index in [4.69, 9.17) is 23.2 Å². The van der Waals surface area contributed by atoms with Gasteiger partial charge in [0.1, 0.15) is 11.0 Å². The van der Waals surface area contributed by atoms with E-state index in [2.05, 4.69) is 26.2 Å². The van der Waals surface area contributed by atoms with Crippen molar-refractivity contribution in [2.45, 2.75) is 13.0 Å². The molecule has 0 fully saturated rings. The molecule has 0 saturated heterocycles. The maximum absolute atomic E-state index is 14.3. The summed E-state index contributed by atoms with van der Waals surface area (Å²) in [5.74, 6) is -0.394. The zero-order chi connectivity index (χ0) is 15.1. The Kier molecular flexibility index (Phi) is 3.90. The average molecular weight is 389 g/mol. The quantitative estimate of drug-likeness (QED) is 0.600. The lowest BCUT2D eigenvalue weighted by Gasteiger charge is -2.15. The van der Waals surface area contributed by atoms with Gasteiger partial charge in [0.25, 0.3) is 0 Å². The standard InChI is InChI=1S/C14H9BrCl2FN3/c1-7(9-3-2-8(16)6-11(9)17)21-14-12(19-20-21)5-4-10(15)13(14)18/h2-7H,1H3/t7-/m1/s1. The molecule has 0 aliphatic heterocycles. The molecule has 3 nitrogen and oxygen atoms in total. The zero-order valence-electron chi connectivity index (χ0n) is 10.8. The van der Waals surface area contributed by atoms with Gasteiger partial charge in [0.05, 0.1) is 10.5 Å². The molecule has 0 saturated carbocycles. The van der Waals surface area contributed by atoms with Crippen molar-refractivity contribution in [2.24, 2.45) is 0 Å². The van der Waals surface area contributed by atoms with Gasteiger partial charge in [-0.05, 0) is 52.7 Å². The third-order valence-electron chi connectivity index (χ3n) is 3.31. The maximum atomic E-state index is 14.3. The molecule has 7 heteroatoms. The second kappa shape index (κ2) is 5.55. The highest BCUT2D eigenvalue weighted by atomic mass is 79.9. The van der Waals surface area contributed by atoms with E-state index in [0.29, 0.717) is 25.6 Å². The van der Waals surface area contributed by atoms with E-state index >= 15 is 0 Å². The van der Waals surface area contributed by atoms with Gasteiger partial charge >= 0.3 is 0 Å². The van der Waals surface area contributed by atoms with Gasteiger partial charge in [-0.15, -0.1) is 5.10 Å². The van der Waals surface area contributed by atoms with E-state index in [1.807, 2.05) is 6.92 Å². The van der Waals surface area contributed by atoms with Gasteiger partial charge in [-0.2, -0.15) is 0 Å². The summed E-state index contributed by atoms with van der Waals surface area (Å²) in [5, 5.41) is 9.11. The highest BCUT2D eigenvalue weighted by molar-refractivity contribution is 9.10. The molecule has 0 amide bonds. The maximum Gasteiger partial charge on any atom is 0.164 e. The van der Waals surface area contributed by atoms with Crippen LogP contribution < -0.4 is 0 Å². The molecule has 0 radical (unpaired) electrons. The molecule has 0 bridgehead atoms. The predicted molar refractivity (Wildman–Crippen MR) is 85.5 cm³/mol. The third-order valence-corrected chi connectivity index (χ3v) is 4.48. The van der Waals surface area contributed by atoms with Crippen molar-refractivity contribution in [2.75, 3.05) is 0 Å². The Morgan fingerprint density at radius 3 is 2.71 bits per heavy atom. The van der Waals surface area contributed by atoms with Crippen LogP contribution in [0.1, 0.15) is 18.5 Å². The van der Waals surface area contributed by atoms with E-state index < -0.39 is 5.82 Å². The molecule has 0 unspecified atom stereocenters. The summed E-state index contributed by atoms with van der Waals surface area (Å²) in [6.45, 7) is 1.88. The minimum absolute atomic E-state index is 0.274. The first-order valence-corrected chi connectivity index (χ1v) is 7.68. The van der Waals surface area contributed by atoms with Crippen molar-refractivity contribution in [1.82, 2.24) is 15.0 Å². The summed E-state index contributed by atoms with van der Waals surface area (Å²) >= 11 is 15.3. The number of fused-ring (bicyclic) bond motifs is 1. The van der Waals surface area contributed by atoms with Gasteiger partial charge in [0, 0.05) is 10.0 Å². The van der Waals surface area contributed by atoms with Crippen LogP contribution in [0.2, 0.25) is 10.0 Å². The van der Waals surface area contributed by atoms with E-state index in [1.54, 1.807) is 30.3 Å². The van der Waals surface area contributed by atoms with Crippen LogP contribution in [0, 0.1) is 5.82 Å². The van der Waals surface area contributed by atoms with Crippen LogP contribution in [0.25, 0.3) is 11.0 Å². The van der Waals surface area contributed by atoms with Crippen molar-refractivity contribution in [3.05, 3.63) is 56.2 Å². The van der Waals surface area contributed by atoms with Gasteiger partial charge in [-0.1, -0.05) is 34.5 Å². The fourth-order valence-electron chi connectivity index (χ4n) is 2.21. The molecule has 0 aliphatic rings. The van der Waals surface area contributed by atoms with Crippen molar-refractivity contribution in [1.29, 1.82) is 0 Å². The molecule has 1 aromatic heterocycles. The summed E-state index contributed by atoms with van der Waals surface area (Å²) in [6.07, 6.45) is 0. The predicted octanol–water partition coefficient (Wildman–Crippen LogP) is 5.25. The highest BCUT2D eigenvalue weighted by Gasteiger charge is 2.19. The van der Waals surface area contributed by atoms with E-state index in [9.17, 15) is 4.39 Å². The summed E-state index contributed by atoms with van der Waals surface area (Å²) in [7, 11) is 0. The van der Waals surface area contributed by atoms with E-state index in [0.717, 1.165) is 5.56 Å². The summed E-state index contributed by atoms with van der Waals surface area (Å²) < 4.78 is 16.2. The van der Waals surface area contributed by atoms with Gasteiger partial charge in [-0.3, -0.25) is 0 Å². The molecule has 3 rings (SSSR count). The number of rotatable bonds is 2. The van der Waals surface area contributed by atoms with Crippen LogP contribution in [0.5, 0.6) is 0 Å². The molecular weight excluding hydrogens is 380 g/mol. The van der Waals surface area contributed by atoms with Gasteiger partial charge in [0.15, 0.2) is 5.82 Å². The second-order valence-electron chi connectivity index (χ2n) is 4.60. The number of hydrogen-bond donors (Lipinski definition) is 0. The Bertz CT molecular complexity index is 834. The average Bonchev–Trinajstić information content (AvgIpc) is 2.87. The fraction of sp³-hybridized carbons (Fsp3) is 0.143. The van der Waals surface area contributed by atoms with Crippen LogP contribution in [0.3, 0.4) is 0 Å². The summed E-state index contributed by atoms with van der Waals surface area (Å²) in [5.41, 5.74) is 1.63. The lowest BCUT2D eigenvalue weighted by atomic mass is 10.1. The van der Waals surface area contributed by atoms with E-state index in [1.165, 1.54) is 4.68 Å². The molecule has 0 spiro atoms. The molecule has 0 aliphatic carbocycles. The number of halogens is 4. The molecule has 3 aromatic rings. The summed E-state index contributed by atoms with van der Waals surface area (Å²) in [6, 6.07) is 8.24. The van der Waals surface area contributed by atoms with Crippen molar-refractivity contribution in [3.8, 4) is 0 Å². The van der Waals surface area contributed by atoms with Crippen LogP contribution >= 0.6 is 39.1 Å². The molecule has 1 heterocycles. The highest BCUT2D eigenvalue weighted by Crippen LogP contribution is 2.31. The van der Waals surface area contributed by atoms with Crippen LogP contribution in [-0.2, 0) is 0 Å². The third kappa shape index (κ3) is 2.54. The minimum atomic E-state index is -0.394.